The quantitative estimate of drug-likeness (QED) is 0.834. The van der Waals surface area contributed by atoms with Crippen LogP contribution in [0.3, 0.4) is 0 Å². The normalized spacial score (nSPS) is 31.8. The van der Waals surface area contributed by atoms with E-state index in [4.69, 9.17) is 4.74 Å². The number of rotatable bonds is 4. The summed E-state index contributed by atoms with van der Waals surface area (Å²) in [4.78, 5) is 2.68. The van der Waals surface area contributed by atoms with E-state index < -0.39 is 0 Å². The summed E-state index contributed by atoms with van der Waals surface area (Å²) in [7, 11) is 0. The van der Waals surface area contributed by atoms with Crippen molar-refractivity contribution in [3.8, 4) is 0 Å². The third-order valence-electron chi connectivity index (χ3n) is 4.40. The molecule has 2 aliphatic rings. The number of morpholine rings is 1. The van der Waals surface area contributed by atoms with Gasteiger partial charge in [-0.2, -0.15) is 0 Å². The van der Waals surface area contributed by atoms with Gasteiger partial charge in [0.1, 0.15) is 0 Å². The van der Waals surface area contributed by atoms with Gasteiger partial charge in [-0.25, -0.2) is 0 Å². The van der Waals surface area contributed by atoms with Gasteiger partial charge in [0.25, 0.3) is 0 Å². The number of nitrogens with zero attached hydrogens (tertiary/aromatic N) is 1. The lowest BCUT2D eigenvalue weighted by atomic mass is 9.90. The topological polar surface area (TPSA) is 24.5 Å². The Kier molecular flexibility index (Phi) is 6.46. The molecule has 0 bridgehead atoms. The number of nitrogens with one attached hydrogen (secondary N) is 1. The molecule has 2 unspecified atom stereocenters. The van der Waals surface area contributed by atoms with Crippen LogP contribution in [0.4, 0.5) is 0 Å². The van der Waals surface area contributed by atoms with Crippen molar-refractivity contribution in [2.45, 2.75) is 64.0 Å². The maximum atomic E-state index is 5.50. The number of ether oxygens (including phenoxy) is 1. The predicted octanol–water partition coefficient (Wildman–Crippen LogP) is 2.41. The maximum absolute atomic E-state index is 5.50. The molecule has 0 aromatic rings. The van der Waals surface area contributed by atoms with Crippen LogP contribution in [0.15, 0.2) is 0 Å². The lowest BCUT2D eigenvalue weighted by Crippen LogP contribution is -2.54. The van der Waals surface area contributed by atoms with Crippen molar-refractivity contribution in [2.24, 2.45) is 0 Å². The Morgan fingerprint density at radius 2 is 1.78 bits per heavy atom. The molecule has 1 aliphatic carbocycles. The Bertz CT molecular complexity index is 215. The Morgan fingerprint density at radius 3 is 2.50 bits per heavy atom. The molecule has 18 heavy (non-hydrogen) atoms. The Balaban J connectivity index is 1.93. The van der Waals surface area contributed by atoms with Crippen molar-refractivity contribution in [1.82, 2.24) is 10.2 Å². The van der Waals surface area contributed by atoms with Crippen LogP contribution in [0.25, 0.3) is 0 Å². The van der Waals surface area contributed by atoms with Gasteiger partial charge in [0.15, 0.2) is 0 Å². The van der Waals surface area contributed by atoms with Crippen LogP contribution in [-0.4, -0.2) is 49.8 Å². The average molecular weight is 254 g/mol. The summed E-state index contributed by atoms with van der Waals surface area (Å²) in [5.74, 6) is 0. The summed E-state index contributed by atoms with van der Waals surface area (Å²) >= 11 is 0. The second-order valence-corrected chi connectivity index (χ2v) is 5.77. The first-order chi connectivity index (χ1) is 8.92. The second-order valence-electron chi connectivity index (χ2n) is 5.77. The predicted molar refractivity (Wildman–Crippen MR) is 76.0 cm³/mol. The standard InChI is InChI=1S/C15H30N2O/c1-2-9-16-14-7-5-3-4-6-8-15(14)17-10-12-18-13-11-17/h14-16H,2-13H2,1H3. The zero-order valence-corrected chi connectivity index (χ0v) is 12.0. The van der Waals surface area contributed by atoms with Crippen LogP contribution >= 0.6 is 0 Å². The second kappa shape index (κ2) is 8.13. The first-order valence-electron chi connectivity index (χ1n) is 7.97. The molecule has 106 valence electrons. The van der Waals surface area contributed by atoms with E-state index in [2.05, 4.69) is 17.1 Å². The number of hydrogen-bond donors (Lipinski definition) is 1. The van der Waals surface area contributed by atoms with E-state index in [0.717, 1.165) is 32.3 Å². The minimum absolute atomic E-state index is 0.711. The molecule has 0 spiro atoms. The molecule has 0 radical (unpaired) electrons. The molecule has 0 aromatic carbocycles. The van der Waals surface area contributed by atoms with E-state index in [1.165, 1.54) is 51.5 Å². The van der Waals surface area contributed by atoms with Crippen molar-refractivity contribution < 1.29 is 4.74 Å². The highest BCUT2D eigenvalue weighted by molar-refractivity contribution is 4.87. The van der Waals surface area contributed by atoms with Gasteiger partial charge in [-0.3, -0.25) is 4.90 Å². The van der Waals surface area contributed by atoms with E-state index >= 15 is 0 Å². The average Bonchev–Trinajstić information content (AvgIpc) is 2.39. The van der Waals surface area contributed by atoms with Crippen molar-refractivity contribution in [3.63, 3.8) is 0 Å². The molecule has 1 saturated heterocycles. The number of hydrogen-bond acceptors (Lipinski definition) is 3. The highest BCUT2D eigenvalue weighted by Gasteiger charge is 2.28. The largest absolute Gasteiger partial charge is 0.379 e. The van der Waals surface area contributed by atoms with Crippen LogP contribution in [0, 0.1) is 0 Å². The SMILES string of the molecule is CCCNC1CCCCCCC1N1CCOCC1. The van der Waals surface area contributed by atoms with Crippen molar-refractivity contribution in [1.29, 1.82) is 0 Å². The van der Waals surface area contributed by atoms with Gasteiger partial charge in [0, 0.05) is 25.2 Å². The summed E-state index contributed by atoms with van der Waals surface area (Å²) in [6.07, 6.45) is 9.66. The van der Waals surface area contributed by atoms with Crippen LogP contribution in [0.1, 0.15) is 51.9 Å². The van der Waals surface area contributed by atoms with Crippen LogP contribution < -0.4 is 5.32 Å². The van der Waals surface area contributed by atoms with Gasteiger partial charge in [0.05, 0.1) is 13.2 Å². The van der Waals surface area contributed by atoms with Gasteiger partial charge >= 0.3 is 0 Å². The highest BCUT2D eigenvalue weighted by Crippen LogP contribution is 2.22. The van der Waals surface area contributed by atoms with Gasteiger partial charge in [-0.05, 0) is 25.8 Å². The molecular weight excluding hydrogens is 224 g/mol. The van der Waals surface area contributed by atoms with Crippen LogP contribution in [-0.2, 0) is 4.74 Å². The molecule has 3 nitrogen and oxygen atoms in total. The molecule has 2 rings (SSSR count). The monoisotopic (exact) mass is 254 g/mol. The van der Waals surface area contributed by atoms with Crippen molar-refractivity contribution >= 4 is 0 Å². The Morgan fingerprint density at radius 1 is 1.06 bits per heavy atom. The summed E-state index contributed by atoms with van der Waals surface area (Å²) < 4.78 is 5.50. The molecule has 1 saturated carbocycles. The summed E-state index contributed by atoms with van der Waals surface area (Å²) in [6.45, 7) is 7.56. The summed E-state index contributed by atoms with van der Waals surface area (Å²) in [5, 5.41) is 3.80. The van der Waals surface area contributed by atoms with Gasteiger partial charge in [-0.15, -0.1) is 0 Å². The Labute approximate surface area is 112 Å². The van der Waals surface area contributed by atoms with E-state index in [1.807, 2.05) is 0 Å². The molecule has 1 aliphatic heterocycles. The van der Waals surface area contributed by atoms with Crippen molar-refractivity contribution in [2.75, 3.05) is 32.8 Å². The zero-order valence-electron chi connectivity index (χ0n) is 12.0. The first-order valence-corrected chi connectivity index (χ1v) is 7.97. The third-order valence-corrected chi connectivity index (χ3v) is 4.40. The zero-order chi connectivity index (χ0) is 12.6. The molecule has 3 heteroatoms. The maximum Gasteiger partial charge on any atom is 0.0594 e. The highest BCUT2D eigenvalue weighted by atomic mass is 16.5. The Hall–Kier alpha value is -0.120. The van der Waals surface area contributed by atoms with E-state index in [0.29, 0.717) is 6.04 Å². The molecule has 0 amide bonds. The van der Waals surface area contributed by atoms with E-state index in [9.17, 15) is 0 Å². The van der Waals surface area contributed by atoms with E-state index in [-0.39, 0.29) is 0 Å². The van der Waals surface area contributed by atoms with Gasteiger partial charge < -0.3 is 10.1 Å². The minimum Gasteiger partial charge on any atom is -0.379 e. The van der Waals surface area contributed by atoms with Crippen LogP contribution in [0.5, 0.6) is 0 Å². The van der Waals surface area contributed by atoms with E-state index in [1.54, 1.807) is 0 Å². The minimum atomic E-state index is 0.711. The fourth-order valence-electron chi connectivity index (χ4n) is 3.38. The van der Waals surface area contributed by atoms with Gasteiger partial charge in [0.2, 0.25) is 0 Å². The lowest BCUT2D eigenvalue weighted by molar-refractivity contribution is 0.00309. The van der Waals surface area contributed by atoms with Crippen LogP contribution in [0.2, 0.25) is 0 Å². The molecule has 1 N–H and O–H groups in total. The third kappa shape index (κ3) is 4.22. The molecule has 1 heterocycles. The lowest BCUT2D eigenvalue weighted by Gasteiger charge is -2.40. The molecular formula is C15H30N2O. The molecule has 2 fully saturated rings. The smallest absolute Gasteiger partial charge is 0.0594 e. The molecule has 2 atom stereocenters. The van der Waals surface area contributed by atoms with Crippen molar-refractivity contribution in [3.05, 3.63) is 0 Å². The summed E-state index contributed by atoms with van der Waals surface area (Å²) in [6, 6.07) is 1.46. The fraction of sp³-hybridized carbons (Fsp3) is 1.00. The summed E-state index contributed by atoms with van der Waals surface area (Å²) in [5.41, 5.74) is 0. The first kappa shape index (κ1) is 14.3. The molecule has 0 aromatic heterocycles. The fourth-order valence-corrected chi connectivity index (χ4v) is 3.38. The van der Waals surface area contributed by atoms with Gasteiger partial charge in [-0.1, -0.05) is 32.6 Å².